The molecule has 1 aliphatic heterocycles. The van der Waals surface area contributed by atoms with Crippen molar-refractivity contribution in [3.05, 3.63) is 35.9 Å². The molecule has 2 atom stereocenters. The molecule has 1 saturated heterocycles. The summed E-state index contributed by atoms with van der Waals surface area (Å²) in [5, 5.41) is 0. The molecule has 1 aliphatic rings. The Bertz CT molecular complexity index is 484. The van der Waals surface area contributed by atoms with Gasteiger partial charge in [0.2, 0.25) is 5.91 Å². The van der Waals surface area contributed by atoms with Gasteiger partial charge in [-0.1, -0.05) is 51.1 Å². The summed E-state index contributed by atoms with van der Waals surface area (Å²) in [7, 11) is 0. The lowest BCUT2D eigenvalue weighted by Gasteiger charge is -2.22. The minimum atomic E-state index is -0.528. The lowest BCUT2D eigenvalue weighted by molar-refractivity contribution is -0.130. The molecule has 0 saturated carbocycles. The van der Waals surface area contributed by atoms with Gasteiger partial charge in [0, 0.05) is 6.42 Å². The number of imide groups is 1. The van der Waals surface area contributed by atoms with Gasteiger partial charge in [-0.3, -0.25) is 4.79 Å². The molecule has 2 rings (SSSR count). The van der Waals surface area contributed by atoms with Gasteiger partial charge >= 0.3 is 6.09 Å². The normalized spacial score (nSPS) is 20.1. The van der Waals surface area contributed by atoms with E-state index in [1.807, 2.05) is 37.3 Å². The van der Waals surface area contributed by atoms with Crippen molar-refractivity contribution >= 4 is 12.0 Å². The number of carbonyl (C=O) groups is 2. The van der Waals surface area contributed by atoms with Crippen molar-refractivity contribution in [2.24, 2.45) is 11.8 Å². The van der Waals surface area contributed by atoms with Crippen molar-refractivity contribution in [1.29, 1.82) is 0 Å². The zero-order valence-corrected chi connectivity index (χ0v) is 12.2. The van der Waals surface area contributed by atoms with Crippen molar-refractivity contribution in [2.45, 2.75) is 33.2 Å². The highest BCUT2D eigenvalue weighted by Crippen LogP contribution is 2.29. The van der Waals surface area contributed by atoms with Crippen LogP contribution in [-0.4, -0.2) is 23.5 Å². The van der Waals surface area contributed by atoms with E-state index in [0.717, 1.165) is 5.56 Å². The minimum absolute atomic E-state index is 0.150. The Morgan fingerprint density at radius 2 is 1.95 bits per heavy atom. The Balaban J connectivity index is 2.15. The number of carbonyl (C=O) groups excluding carboxylic acids is 2. The minimum Gasteiger partial charge on any atom is -0.446 e. The van der Waals surface area contributed by atoms with Crippen LogP contribution in [0.15, 0.2) is 30.3 Å². The lowest BCUT2D eigenvalue weighted by Crippen LogP contribution is -2.35. The molecular formula is C16H21NO3. The number of amides is 2. The first kappa shape index (κ1) is 14.6. The maximum atomic E-state index is 12.4. The second-order valence-corrected chi connectivity index (χ2v) is 5.69. The number of nitrogens with zero attached hydrogens (tertiary/aromatic N) is 1. The fourth-order valence-corrected chi connectivity index (χ4v) is 2.23. The second-order valence-electron chi connectivity index (χ2n) is 5.69. The van der Waals surface area contributed by atoms with Gasteiger partial charge in [-0.05, 0) is 17.4 Å². The first-order valence-corrected chi connectivity index (χ1v) is 7.04. The maximum absolute atomic E-state index is 12.4. The molecule has 0 bridgehead atoms. The molecule has 2 amide bonds. The molecule has 4 nitrogen and oxygen atoms in total. The molecule has 0 aromatic heterocycles. The van der Waals surface area contributed by atoms with Crippen molar-refractivity contribution < 1.29 is 14.3 Å². The standard InChI is InChI=1S/C16H21NO3/c1-11(2)12(3)9-15(18)17-14(10-20-16(17)19)13-7-5-4-6-8-13/h4-8,11-12,14H,9-10H2,1-3H3/t12-,14-/m0/s1. The van der Waals surface area contributed by atoms with Crippen LogP contribution in [-0.2, 0) is 9.53 Å². The number of rotatable bonds is 4. The Morgan fingerprint density at radius 3 is 2.55 bits per heavy atom. The third-order valence-corrected chi connectivity index (χ3v) is 3.96. The van der Waals surface area contributed by atoms with Crippen LogP contribution in [0.3, 0.4) is 0 Å². The summed E-state index contributed by atoms with van der Waals surface area (Å²) >= 11 is 0. The Morgan fingerprint density at radius 1 is 1.30 bits per heavy atom. The van der Waals surface area contributed by atoms with Gasteiger partial charge in [0.15, 0.2) is 0 Å². The summed E-state index contributed by atoms with van der Waals surface area (Å²) in [6.07, 6.45) is -0.157. The van der Waals surface area contributed by atoms with E-state index in [-0.39, 0.29) is 24.5 Å². The summed E-state index contributed by atoms with van der Waals surface area (Å²) in [6.45, 7) is 6.43. The molecule has 1 fully saturated rings. The Hall–Kier alpha value is -1.84. The highest BCUT2D eigenvalue weighted by atomic mass is 16.6. The number of hydrogen-bond acceptors (Lipinski definition) is 3. The molecule has 0 radical (unpaired) electrons. The topological polar surface area (TPSA) is 46.6 Å². The van der Waals surface area contributed by atoms with Gasteiger partial charge in [0.1, 0.15) is 12.6 Å². The van der Waals surface area contributed by atoms with E-state index in [1.165, 1.54) is 4.90 Å². The highest BCUT2D eigenvalue weighted by molar-refractivity contribution is 5.93. The largest absolute Gasteiger partial charge is 0.446 e. The van der Waals surface area contributed by atoms with E-state index < -0.39 is 6.09 Å². The monoisotopic (exact) mass is 275 g/mol. The molecule has 1 heterocycles. The van der Waals surface area contributed by atoms with Crippen LogP contribution in [0.5, 0.6) is 0 Å². The van der Waals surface area contributed by atoms with Gasteiger partial charge in [-0.25, -0.2) is 9.69 Å². The molecule has 0 aliphatic carbocycles. The average molecular weight is 275 g/mol. The molecule has 0 N–H and O–H groups in total. The molecule has 20 heavy (non-hydrogen) atoms. The van der Waals surface area contributed by atoms with Crippen LogP contribution in [0, 0.1) is 11.8 Å². The van der Waals surface area contributed by atoms with Crippen molar-refractivity contribution in [3.8, 4) is 0 Å². The van der Waals surface area contributed by atoms with E-state index in [4.69, 9.17) is 4.74 Å². The second kappa shape index (κ2) is 6.07. The zero-order chi connectivity index (χ0) is 14.7. The molecule has 1 aromatic rings. The van der Waals surface area contributed by atoms with Gasteiger partial charge in [0.05, 0.1) is 0 Å². The predicted octanol–water partition coefficient (Wildman–Crippen LogP) is 3.39. The fraction of sp³-hybridized carbons (Fsp3) is 0.500. The third kappa shape index (κ3) is 3.00. The van der Waals surface area contributed by atoms with Crippen molar-refractivity contribution in [1.82, 2.24) is 4.90 Å². The predicted molar refractivity (Wildman–Crippen MR) is 76.0 cm³/mol. The van der Waals surface area contributed by atoms with Crippen molar-refractivity contribution in [2.75, 3.05) is 6.61 Å². The maximum Gasteiger partial charge on any atom is 0.417 e. The Labute approximate surface area is 119 Å². The average Bonchev–Trinajstić information content (AvgIpc) is 2.81. The van der Waals surface area contributed by atoms with Gasteiger partial charge in [0.25, 0.3) is 0 Å². The first-order valence-electron chi connectivity index (χ1n) is 7.04. The number of hydrogen-bond donors (Lipinski definition) is 0. The van der Waals surface area contributed by atoms with Gasteiger partial charge in [-0.2, -0.15) is 0 Å². The zero-order valence-electron chi connectivity index (χ0n) is 12.2. The quantitative estimate of drug-likeness (QED) is 0.846. The molecule has 0 spiro atoms. The van der Waals surface area contributed by atoms with E-state index in [1.54, 1.807) is 0 Å². The van der Waals surface area contributed by atoms with Crippen molar-refractivity contribution in [3.63, 3.8) is 0 Å². The SMILES string of the molecule is CC(C)[C@@H](C)CC(=O)N1C(=O)OC[C@H]1c1ccccc1. The first-order chi connectivity index (χ1) is 9.50. The summed E-state index contributed by atoms with van der Waals surface area (Å²) in [5.41, 5.74) is 0.934. The van der Waals surface area contributed by atoms with Crippen LogP contribution in [0.4, 0.5) is 4.79 Å². The Kier molecular flexibility index (Phi) is 4.42. The van der Waals surface area contributed by atoms with Crippen LogP contribution in [0.25, 0.3) is 0 Å². The van der Waals surface area contributed by atoms with E-state index >= 15 is 0 Å². The summed E-state index contributed by atoms with van der Waals surface area (Å²) < 4.78 is 5.06. The van der Waals surface area contributed by atoms with E-state index in [9.17, 15) is 9.59 Å². The van der Waals surface area contributed by atoms with Gasteiger partial charge < -0.3 is 4.74 Å². The molecular weight excluding hydrogens is 254 g/mol. The van der Waals surface area contributed by atoms with E-state index in [2.05, 4.69) is 13.8 Å². The summed E-state index contributed by atoms with van der Waals surface area (Å²) in [4.78, 5) is 25.5. The van der Waals surface area contributed by atoms with E-state index in [0.29, 0.717) is 12.3 Å². The van der Waals surface area contributed by atoms with Crippen LogP contribution < -0.4 is 0 Å². The highest BCUT2D eigenvalue weighted by Gasteiger charge is 2.39. The number of ether oxygens (including phenoxy) is 1. The molecule has 1 aromatic carbocycles. The third-order valence-electron chi connectivity index (χ3n) is 3.96. The summed E-state index contributed by atoms with van der Waals surface area (Å²) in [6, 6.07) is 9.25. The summed E-state index contributed by atoms with van der Waals surface area (Å²) in [5.74, 6) is 0.502. The smallest absolute Gasteiger partial charge is 0.417 e. The van der Waals surface area contributed by atoms with Gasteiger partial charge in [-0.15, -0.1) is 0 Å². The lowest BCUT2D eigenvalue weighted by atomic mass is 9.94. The fourth-order valence-electron chi connectivity index (χ4n) is 2.23. The van der Waals surface area contributed by atoms with Crippen LogP contribution in [0.2, 0.25) is 0 Å². The molecule has 0 unspecified atom stereocenters. The molecule has 108 valence electrons. The van der Waals surface area contributed by atoms with Crippen LogP contribution >= 0.6 is 0 Å². The molecule has 4 heteroatoms. The van der Waals surface area contributed by atoms with Crippen LogP contribution in [0.1, 0.15) is 38.8 Å². The number of cyclic esters (lactones) is 1. The number of benzene rings is 1.